The van der Waals surface area contributed by atoms with Crippen LogP contribution in [0.15, 0.2) is 48.5 Å². The monoisotopic (exact) mass is 515 g/mol. The second-order valence-electron chi connectivity index (χ2n) is 10.4. The van der Waals surface area contributed by atoms with E-state index >= 15 is 0 Å². The standard InChI is InChI=1S/C30H37N5O3/c1-30(2,19-31)20-32-28-24-18-22(9-8-21(24)10-11-27(28)38-4)25-6-5-7-26(34-25)29(36)33-23-12-14-35(15-13-23)16-17-37-3/h5-11,18,23,32H,12-17,20H2,1-4H3,(H,33,36). The van der Waals surface area contributed by atoms with Crippen LogP contribution in [0.5, 0.6) is 5.75 Å². The van der Waals surface area contributed by atoms with Crippen molar-refractivity contribution in [3.8, 4) is 23.1 Å². The number of piperidine rings is 1. The van der Waals surface area contributed by atoms with Crippen LogP contribution in [0.3, 0.4) is 0 Å². The molecule has 200 valence electrons. The van der Waals surface area contributed by atoms with Crippen molar-refractivity contribution < 1.29 is 14.3 Å². The zero-order valence-electron chi connectivity index (χ0n) is 22.7. The fourth-order valence-electron chi connectivity index (χ4n) is 4.66. The van der Waals surface area contributed by atoms with Gasteiger partial charge in [0.15, 0.2) is 0 Å². The van der Waals surface area contributed by atoms with Gasteiger partial charge in [-0.3, -0.25) is 4.79 Å². The third-order valence-electron chi connectivity index (χ3n) is 7.02. The molecule has 38 heavy (non-hydrogen) atoms. The Morgan fingerprint density at radius 2 is 1.92 bits per heavy atom. The quantitative estimate of drug-likeness (QED) is 0.403. The van der Waals surface area contributed by atoms with Crippen molar-refractivity contribution in [3.63, 3.8) is 0 Å². The van der Waals surface area contributed by atoms with Crippen LogP contribution >= 0.6 is 0 Å². The first-order chi connectivity index (χ1) is 18.3. The number of methoxy groups -OCH3 is 2. The number of fused-ring (bicyclic) bond motifs is 1. The summed E-state index contributed by atoms with van der Waals surface area (Å²) >= 11 is 0. The van der Waals surface area contributed by atoms with Gasteiger partial charge in [-0.05, 0) is 56.3 Å². The van der Waals surface area contributed by atoms with E-state index in [4.69, 9.17) is 14.5 Å². The van der Waals surface area contributed by atoms with Crippen LogP contribution in [-0.4, -0.2) is 68.8 Å². The first-order valence-corrected chi connectivity index (χ1v) is 13.1. The zero-order valence-corrected chi connectivity index (χ0v) is 22.7. The second kappa shape index (κ2) is 12.2. The molecule has 8 nitrogen and oxygen atoms in total. The number of benzene rings is 2. The maximum absolute atomic E-state index is 13.0. The van der Waals surface area contributed by atoms with Gasteiger partial charge < -0.3 is 25.0 Å². The maximum Gasteiger partial charge on any atom is 0.270 e. The highest BCUT2D eigenvalue weighted by molar-refractivity contribution is 5.99. The molecule has 2 heterocycles. The number of hydrogen-bond donors (Lipinski definition) is 2. The number of hydrogen-bond acceptors (Lipinski definition) is 7. The number of ether oxygens (including phenoxy) is 2. The molecule has 1 aliphatic heterocycles. The van der Waals surface area contributed by atoms with Crippen LogP contribution in [0.25, 0.3) is 22.0 Å². The van der Waals surface area contributed by atoms with Gasteiger partial charge in [0, 0.05) is 50.3 Å². The van der Waals surface area contributed by atoms with E-state index in [2.05, 4.69) is 27.7 Å². The van der Waals surface area contributed by atoms with Gasteiger partial charge in [-0.25, -0.2) is 4.98 Å². The smallest absolute Gasteiger partial charge is 0.270 e. The number of nitriles is 1. The molecule has 1 aliphatic rings. The number of carbonyl (C=O) groups is 1. The lowest BCUT2D eigenvalue weighted by Crippen LogP contribution is -2.45. The lowest BCUT2D eigenvalue weighted by molar-refractivity contribution is 0.0888. The van der Waals surface area contributed by atoms with Crippen LogP contribution in [0.1, 0.15) is 37.2 Å². The van der Waals surface area contributed by atoms with Crippen molar-refractivity contribution in [2.75, 3.05) is 52.3 Å². The van der Waals surface area contributed by atoms with Gasteiger partial charge >= 0.3 is 0 Å². The van der Waals surface area contributed by atoms with Crippen molar-refractivity contribution in [3.05, 3.63) is 54.2 Å². The molecule has 2 N–H and O–H groups in total. The summed E-state index contributed by atoms with van der Waals surface area (Å²) in [5, 5.41) is 18.0. The Hall–Kier alpha value is -3.67. The van der Waals surface area contributed by atoms with E-state index < -0.39 is 5.41 Å². The van der Waals surface area contributed by atoms with Crippen LogP contribution in [0.2, 0.25) is 0 Å². The third-order valence-corrected chi connectivity index (χ3v) is 7.02. The summed E-state index contributed by atoms with van der Waals surface area (Å²) in [5.41, 5.74) is 2.33. The van der Waals surface area contributed by atoms with Crippen LogP contribution in [-0.2, 0) is 4.74 Å². The van der Waals surface area contributed by atoms with Gasteiger partial charge in [0.05, 0.1) is 36.6 Å². The normalized spacial score (nSPS) is 14.7. The minimum Gasteiger partial charge on any atom is -0.495 e. The van der Waals surface area contributed by atoms with Gasteiger partial charge in [0.2, 0.25) is 0 Å². The summed E-state index contributed by atoms with van der Waals surface area (Å²) in [4.78, 5) is 20.1. The molecule has 8 heteroatoms. The minimum atomic E-state index is -0.533. The second-order valence-corrected chi connectivity index (χ2v) is 10.4. The number of nitrogens with zero attached hydrogens (tertiary/aromatic N) is 3. The topological polar surface area (TPSA) is 99.5 Å². The summed E-state index contributed by atoms with van der Waals surface area (Å²) in [7, 11) is 3.36. The molecule has 1 fully saturated rings. The van der Waals surface area contributed by atoms with E-state index in [9.17, 15) is 10.1 Å². The summed E-state index contributed by atoms with van der Waals surface area (Å²) in [6, 6.07) is 18.1. The molecule has 0 spiro atoms. The highest BCUT2D eigenvalue weighted by Crippen LogP contribution is 2.36. The Kier molecular flexibility index (Phi) is 8.82. The Balaban J connectivity index is 1.53. The molecule has 0 aliphatic carbocycles. The van der Waals surface area contributed by atoms with Crippen LogP contribution < -0.4 is 15.4 Å². The SMILES string of the molecule is COCCN1CCC(NC(=O)c2cccc(-c3ccc4ccc(OC)c(NCC(C)(C)C#N)c4c3)n2)CC1. The molecule has 0 atom stereocenters. The van der Waals surface area contributed by atoms with Gasteiger partial charge in [0.1, 0.15) is 11.4 Å². The number of aromatic nitrogens is 1. The molecule has 0 bridgehead atoms. The van der Waals surface area contributed by atoms with E-state index in [-0.39, 0.29) is 11.9 Å². The van der Waals surface area contributed by atoms with E-state index in [0.29, 0.717) is 18.0 Å². The highest BCUT2D eigenvalue weighted by Gasteiger charge is 2.22. The number of rotatable bonds is 10. The largest absolute Gasteiger partial charge is 0.495 e. The van der Waals surface area contributed by atoms with Crippen molar-refractivity contribution in [2.24, 2.45) is 5.41 Å². The van der Waals surface area contributed by atoms with Crippen molar-refractivity contribution in [1.82, 2.24) is 15.2 Å². The molecule has 0 saturated carbocycles. The molecule has 0 radical (unpaired) electrons. The summed E-state index contributed by atoms with van der Waals surface area (Å²) < 4.78 is 10.8. The molecule has 2 aromatic carbocycles. The third kappa shape index (κ3) is 6.60. The number of pyridine rings is 1. The summed E-state index contributed by atoms with van der Waals surface area (Å²) in [6.07, 6.45) is 1.83. The lowest BCUT2D eigenvalue weighted by atomic mass is 9.95. The van der Waals surface area contributed by atoms with E-state index in [0.717, 1.165) is 66.8 Å². The average Bonchev–Trinajstić information content (AvgIpc) is 2.95. The number of likely N-dealkylation sites (tertiary alicyclic amines) is 1. The fraction of sp³-hybridized carbons (Fsp3) is 0.433. The first kappa shape index (κ1) is 27.4. The van der Waals surface area contributed by atoms with E-state index in [1.807, 2.05) is 50.2 Å². The predicted octanol–water partition coefficient (Wildman–Crippen LogP) is 4.71. The van der Waals surface area contributed by atoms with Crippen molar-refractivity contribution >= 4 is 22.4 Å². The molecule has 0 unspecified atom stereocenters. The minimum absolute atomic E-state index is 0.145. The lowest BCUT2D eigenvalue weighted by Gasteiger charge is -2.32. The Morgan fingerprint density at radius 3 is 2.63 bits per heavy atom. The fourth-order valence-corrected chi connectivity index (χ4v) is 4.66. The number of carbonyl (C=O) groups excluding carboxylic acids is 1. The Bertz CT molecular complexity index is 1310. The molecule has 1 saturated heterocycles. The van der Waals surface area contributed by atoms with Crippen molar-refractivity contribution in [1.29, 1.82) is 5.26 Å². The molecule has 4 rings (SSSR count). The number of anilines is 1. The Labute approximate surface area is 224 Å². The van der Waals surface area contributed by atoms with E-state index in [1.165, 1.54) is 0 Å². The van der Waals surface area contributed by atoms with E-state index in [1.54, 1.807) is 20.3 Å². The molecule has 1 aromatic heterocycles. The number of amides is 1. The van der Waals surface area contributed by atoms with Crippen LogP contribution in [0, 0.1) is 16.7 Å². The Morgan fingerprint density at radius 1 is 1.16 bits per heavy atom. The summed E-state index contributed by atoms with van der Waals surface area (Å²) in [6.45, 7) is 7.82. The zero-order chi connectivity index (χ0) is 27.1. The van der Waals surface area contributed by atoms with Gasteiger partial charge in [-0.1, -0.05) is 24.3 Å². The summed E-state index contributed by atoms with van der Waals surface area (Å²) in [5.74, 6) is 0.559. The van der Waals surface area contributed by atoms with Crippen LogP contribution in [0.4, 0.5) is 5.69 Å². The first-order valence-electron chi connectivity index (χ1n) is 13.1. The molecule has 1 amide bonds. The number of nitrogens with one attached hydrogen (secondary N) is 2. The van der Waals surface area contributed by atoms with Gasteiger partial charge in [-0.2, -0.15) is 5.26 Å². The predicted molar refractivity (Wildman–Crippen MR) is 150 cm³/mol. The van der Waals surface area contributed by atoms with Crippen molar-refractivity contribution in [2.45, 2.75) is 32.7 Å². The average molecular weight is 516 g/mol. The molecular weight excluding hydrogens is 478 g/mol. The van der Waals surface area contributed by atoms with Gasteiger partial charge in [0.25, 0.3) is 5.91 Å². The van der Waals surface area contributed by atoms with Gasteiger partial charge in [-0.15, -0.1) is 0 Å². The molecular formula is C30H37N5O3. The maximum atomic E-state index is 13.0. The molecule has 3 aromatic rings. The highest BCUT2D eigenvalue weighted by atomic mass is 16.5.